The van der Waals surface area contributed by atoms with Crippen molar-refractivity contribution in [2.75, 3.05) is 0 Å². The smallest absolute Gasteiger partial charge is 0.261 e. The van der Waals surface area contributed by atoms with Crippen molar-refractivity contribution in [2.24, 2.45) is 0 Å². The number of benzene rings is 3. The topological polar surface area (TPSA) is 34.9 Å². The number of aryl methyl sites for hydroxylation is 2. The van der Waals surface area contributed by atoms with Gasteiger partial charge in [-0.05, 0) is 48.2 Å². The lowest BCUT2D eigenvalue weighted by atomic mass is 10.1. The summed E-state index contributed by atoms with van der Waals surface area (Å²) in [4.78, 5) is 17.9. The summed E-state index contributed by atoms with van der Waals surface area (Å²) < 4.78 is 1.78. The van der Waals surface area contributed by atoms with Crippen molar-refractivity contribution in [3.63, 3.8) is 0 Å². The van der Waals surface area contributed by atoms with Crippen molar-refractivity contribution in [3.8, 4) is 0 Å². The predicted octanol–water partition coefficient (Wildman–Crippen LogP) is 5.12. The molecule has 0 spiro atoms. The van der Waals surface area contributed by atoms with Crippen molar-refractivity contribution in [3.05, 3.63) is 112 Å². The van der Waals surface area contributed by atoms with Crippen molar-refractivity contribution in [1.82, 2.24) is 9.55 Å². The molecule has 0 atom stereocenters. The van der Waals surface area contributed by atoms with E-state index in [1.807, 2.05) is 66.7 Å². The van der Waals surface area contributed by atoms with Gasteiger partial charge in [-0.3, -0.25) is 9.36 Å². The standard InChI is InChI=1S/C25H22N2O/c1-19-9-5-6-12-21(19)15-16-24-26-23-14-8-7-13-22(23)25(28)27(24)18-17-20-10-3-2-4-11-20/h2-16H,17-18H2,1H3/b16-15+. The van der Waals surface area contributed by atoms with E-state index in [1.165, 1.54) is 11.1 Å². The maximum Gasteiger partial charge on any atom is 0.261 e. The highest BCUT2D eigenvalue weighted by Gasteiger charge is 2.09. The lowest BCUT2D eigenvalue weighted by molar-refractivity contribution is 0.655. The molecule has 0 amide bonds. The summed E-state index contributed by atoms with van der Waals surface area (Å²) in [5, 5.41) is 0.656. The number of aromatic nitrogens is 2. The molecule has 3 heteroatoms. The van der Waals surface area contributed by atoms with Crippen molar-refractivity contribution in [2.45, 2.75) is 19.9 Å². The Hall–Kier alpha value is -3.46. The van der Waals surface area contributed by atoms with Gasteiger partial charge >= 0.3 is 0 Å². The molecule has 0 fully saturated rings. The number of rotatable bonds is 5. The SMILES string of the molecule is Cc1ccccc1/C=C/c1nc2ccccc2c(=O)n1CCc1ccccc1. The van der Waals surface area contributed by atoms with Crippen LogP contribution in [0.2, 0.25) is 0 Å². The molecule has 0 saturated heterocycles. The summed E-state index contributed by atoms with van der Waals surface area (Å²) >= 11 is 0. The maximum absolute atomic E-state index is 13.1. The lowest BCUT2D eigenvalue weighted by Gasteiger charge is -2.11. The van der Waals surface area contributed by atoms with Crippen LogP contribution in [0.3, 0.4) is 0 Å². The molecule has 1 aromatic heterocycles. The summed E-state index contributed by atoms with van der Waals surface area (Å²) in [6, 6.07) is 25.9. The van der Waals surface area contributed by atoms with E-state index >= 15 is 0 Å². The van der Waals surface area contributed by atoms with E-state index < -0.39 is 0 Å². The Labute approximate surface area is 164 Å². The van der Waals surface area contributed by atoms with E-state index in [9.17, 15) is 4.79 Å². The Bertz CT molecular complexity index is 1190. The van der Waals surface area contributed by atoms with Gasteiger partial charge in [0.15, 0.2) is 0 Å². The largest absolute Gasteiger partial charge is 0.292 e. The molecular formula is C25H22N2O. The summed E-state index contributed by atoms with van der Waals surface area (Å²) in [6.45, 7) is 2.67. The molecule has 0 N–H and O–H groups in total. The summed E-state index contributed by atoms with van der Waals surface area (Å²) in [5.41, 5.74) is 4.26. The first-order chi connectivity index (χ1) is 13.7. The van der Waals surface area contributed by atoms with Crippen LogP contribution < -0.4 is 5.56 Å². The van der Waals surface area contributed by atoms with E-state index in [2.05, 4.69) is 31.2 Å². The van der Waals surface area contributed by atoms with Crippen LogP contribution in [-0.2, 0) is 13.0 Å². The number of para-hydroxylation sites is 1. The predicted molar refractivity (Wildman–Crippen MR) is 116 cm³/mol. The first kappa shape index (κ1) is 17.9. The third-order valence-corrected chi connectivity index (χ3v) is 4.96. The fourth-order valence-electron chi connectivity index (χ4n) is 3.35. The molecule has 3 nitrogen and oxygen atoms in total. The Morgan fingerprint density at radius 1 is 0.857 bits per heavy atom. The molecule has 28 heavy (non-hydrogen) atoms. The highest BCUT2D eigenvalue weighted by atomic mass is 16.1. The minimum atomic E-state index is 0.00552. The fraction of sp³-hybridized carbons (Fsp3) is 0.120. The molecule has 4 rings (SSSR count). The first-order valence-corrected chi connectivity index (χ1v) is 9.49. The molecule has 0 bridgehead atoms. The quantitative estimate of drug-likeness (QED) is 0.491. The van der Waals surface area contributed by atoms with Crippen LogP contribution in [0.5, 0.6) is 0 Å². The van der Waals surface area contributed by atoms with Crippen LogP contribution >= 0.6 is 0 Å². The van der Waals surface area contributed by atoms with Crippen molar-refractivity contribution in [1.29, 1.82) is 0 Å². The molecular weight excluding hydrogens is 344 g/mol. The van der Waals surface area contributed by atoms with Gasteiger partial charge < -0.3 is 0 Å². The molecule has 1 heterocycles. The van der Waals surface area contributed by atoms with Crippen molar-refractivity contribution >= 4 is 23.1 Å². The zero-order valence-electron chi connectivity index (χ0n) is 15.9. The third kappa shape index (κ3) is 3.79. The number of hydrogen-bond donors (Lipinski definition) is 0. The molecule has 3 aromatic carbocycles. The second-order valence-corrected chi connectivity index (χ2v) is 6.87. The molecule has 0 saturated carbocycles. The van der Waals surface area contributed by atoms with Gasteiger partial charge in [0.1, 0.15) is 5.82 Å². The van der Waals surface area contributed by atoms with Gasteiger partial charge in [0.25, 0.3) is 5.56 Å². The van der Waals surface area contributed by atoms with Crippen molar-refractivity contribution < 1.29 is 0 Å². The van der Waals surface area contributed by atoms with Gasteiger partial charge in [-0.2, -0.15) is 0 Å². The monoisotopic (exact) mass is 366 g/mol. The Balaban J connectivity index is 1.77. The van der Waals surface area contributed by atoms with Gasteiger partial charge in [0.2, 0.25) is 0 Å². The second kappa shape index (κ2) is 8.05. The zero-order valence-corrected chi connectivity index (χ0v) is 15.9. The Morgan fingerprint density at radius 3 is 2.39 bits per heavy atom. The summed E-state index contributed by atoms with van der Waals surface area (Å²) in [6.07, 6.45) is 4.76. The van der Waals surface area contributed by atoms with Crippen LogP contribution in [0, 0.1) is 6.92 Å². The average Bonchev–Trinajstić information content (AvgIpc) is 2.73. The fourth-order valence-corrected chi connectivity index (χ4v) is 3.35. The Morgan fingerprint density at radius 2 is 1.57 bits per heavy atom. The first-order valence-electron chi connectivity index (χ1n) is 9.49. The minimum absolute atomic E-state index is 0.00552. The van der Waals surface area contributed by atoms with Crippen LogP contribution in [0.15, 0.2) is 83.7 Å². The van der Waals surface area contributed by atoms with E-state index in [-0.39, 0.29) is 5.56 Å². The average molecular weight is 366 g/mol. The van der Waals surface area contributed by atoms with Crippen LogP contribution in [0.25, 0.3) is 23.1 Å². The number of nitrogens with zero attached hydrogens (tertiary/aromatic N) is 2. The second-order valence-electron chi connectivity index (χ2n) is 6.87. The third-order valence-electron chi connectivity index (χ3n) is 4.96. The van der Waals surface area contributed by atoms with E-state index in [0.29, 0.717) is 17.8 Å². The maximum atomic E-state index is 13.1. The highest BCUT2D eigenvalue weighted by Crippen LogP contribution is 2.14. The van der Waals surface area contributed by atoms with Gasteiger partial charge in [-0.1, -0.05) is 72.8 Å². The van der Waals surface area contributed by atoms with E-state index in [0.717, 1.165) is 17.5 Å². The Kier molecular flexibility index (Phi) is 5.16. The van der Waals surface area contributed by atoms with E-state index in [1.54, 1.807) is 4.57 Å². The molecule has 4 aromatic rings. The van der Waals surface area contributed by atoms with Crippen LogP contribution in [0.4, 0.5) is 0 Å². The summed E-state index contributed by atoms with van der Waals surface area (Å²) in [7, 11) is 0. The van der Waals surface area contributed by atoms with E-state index in [4.69, 9.17) is 4.98 Å². The zero-order chi connectivity index (χ0) is 19.3. The van der Waals surface area contributed by atoms with Crippen LogP contribution in [-0.4, -0.2) is 9.55 Å². The summed E-state index contributed by atoms with van der Waals surface area (Å²) in [5.74, 6) is 0.683. The van der Waals surface area contributed by atoms with Gasteiger partial charge in [-0.15, -0.1) is 0 Å². The number of fused-ring (bicyclic) bond motifs is 1. The molecule has 0 aliphatic rings. The molecule has 0 aliphatic carbocycles. The van der Waals surface area contributed by atoms with Gasteiger partial charge in [0.05, 0.1) is 10.9 Å². The molecule has 138 valence electrons. The van der Waals surface area contributed by atoms with Gasteiger partial charge in [-0.25, -0.2) is 4.98 Å². The molecule has 0 aliphatic heterocycles. The number of hydrogen-bond acceptors (Lipinski definition) is 2. The molecule has 0 radical (unpaired) electrons. The van der Waals surface area contributed by atoms with Gasteiger partial charge in [0, 0.05) is 6.54 Å². The molecule has 0 unspecified atom stereocenters. The van der Waals surface area contributed by atoms with Crippen LogP contribution in [0.1, 0.15) is 22.5 Å². The lowest BCUT2D eigenvalue weighted by Crippen LogP contribution is -2.25. The normalized spacial score (nSPS) is 11.3. The minimum Gasteiger partial charge on any atom is -0.292 e. The highest BCUT2D eigenvalue weighted by molar-refractivity contribution is 5.79.